The number of carbonyl (C=O) groups excluding carboxylic acids is 3. The zero-order valence-corrected chi connectivity index (χ0v) is 42.3. The van der Waals surface area contributed by atoms with Crippen LogP contribution in [0.4, 0.5) is 17.6 Å². The summed E-state index contributed by atoms with van der Waals surface area (Å²) in [4.78, 5) is 58.1. The molecule has 3 N–H and O–H groups in total. The molecule has 0 aliphatic rings. The van der Waals surface area contributed by atoms with Crippen molar-refractivity contribution >= 4 is 49.4 Å². The summed E-state index contributed by atoms with van der Waals surface area (Å²) in [6, 6.07) is 29.6. The first-order valence-electron chi connectivity index (χ1n) is 21.1. The predicted molar refractivity (Wildman–Crippen MR) is 257 cm³/mol. The van der Waals surface area contributed by atoms with E-state index >= 15 is 0 Å². The first-order valence-corrected chi connectivity index (χ1v) is 25.0. The minimum absolute atomic E-state index is 0. The van der Waals surface area contributed by atoms with Gasteiger partial charge < -0.3 is 30.5 Å². The Morgan fingerprint density at radius 2 is 1.24 bits per heavy atom. The first kappa shape index (κ1) is 57.2. The maximum absolute atomic E-state index is 13.2. The third-order valence-corrected chi connectivity index (χ3v) is 12.2. The summed E-state index contributed by atoms with van der Waals surface area (Å²) in [5, 5.41) is 8.59. The van der Waals surface area contributed by atoms with Gasteiger partial charge in [-0.2, -0.15) is 0 Å². The topological polar surface area (TPSA) is 209 Å². The average molecular weight is 1200 g/mol. The SMILES string of the molecule is Cc1ccnc(-c2cc(C(=O)NC(CS(=O)(=O)[O-])C(=O)NCCCCC(=O)NCCSSc3ccccn3)ccn2)c1.Fc1c[c-]c(-c2ccccn2)c(F)c1.Fc1c[c-]c(-c2ccccn2)c(F)c1.[Ir]. The van der Waals surface area contributed by atoms with Crippen molar-refractivity contribution in [2.45, 2.75) is 37.3 Å². The fourth-order valence-electron chi connectivity index (χ4n) is 5.88. The van der Waals surface area contributed by atoms with Crippen LogP contribution in [0.2, 0.25) is 0 Å². The fraction of sp³-hybridized carbons (Fsp3) is 0.184. The number of halogens is 4. The zero-order chi connectivity index (χ0) is 50.3. The number of hydrogen-bond donors (Lipinski definition) is 3. The molecule has 1 unspecified atom stereocenters. The second kappa shape index (κ2) is 29.7. The number of aromatic nitrogens is 5. The van der Waals surface area contributed by atoms with Crippen molar-refractivity contribution in [2.75, 3.05) is 24.6 Å². The molecular weight excluding hydrogens is 1160 g/mol. The zero-order valence-electron chi connectivity index (χ0n) is 37.5. The van der Waals surface area contributed by atoms with E-state index in [9.17, 15) is 44.9 Å². The smallest absolute Gasteiger partial charge is 0.252 e. The number of hydrogen-bond acceptors (Lipinski definition) is 13. The van der Waals surface area contributed by atoms with Gasteiger partial charge in [-0.1, -0.05) is 64.4 Å². The Morgan fingerprint density at radius 1 is 0.676 bits per heavy atom. The molecule has 0 fully saturated rings. The summed E-state index contributed by atoms with van der Waals surface area (Å²) in [6.07, 6.45) is 8.98. The van der Waals surface area contributed by atoms with Crippen LogP contribution in [0.1, 0.15) is 35.2 Å². The van der Waals surface area contributed by atoms with Crippen molar-refractivity contribution < 1.29 is 65.0 Å². The Hall–Kier alpha value is -6.42. The van der Waals surface area contributed by atoms with E-state index in [2.05, 4.69) is 53.0 Å². The molecule has 22 heteroatoms. The molecule has 0 spiro atoms. The maximum atomic E-state index is 13.2. The van der Waals surface area contributed by atoms with Gasteiger partial charge in [-0.25, -0.2) is 13.4 Å². The molecule has 373 valence electrons. The second-order valence-corrected chi connectivity index (χ2v) is 18.5. The Morgan fingerprint density at radius 3 is 1.77 bits per heavy atom. The molecule has 1 radical (unpaired) electrons. The Kier molecular flexibility index (Phi) is 23.9. The van der Waals surface area contributed by atoms with Gasteiger partial charge in [0.25, 0.3) is 5.91 Å². The number of carbonyl (C=O) groups is 3. The van der Waals surface area contributed by atoms with E-state index in [1.54, 1.807) is 78.0 Å². The number of nitrogens with zero attached hydrogens (tertiary/aromatic N) is 5. The van der Waals surface area contributed by atoms with E-state index < -0.39 is 57.0 Å². The molecule has 7 aromatic rings. The van der Waals surface area contributed by atoms with E-state index in [-0.39, 0.29) is 55.7 Å². The van der Waals surface area contributed by atoms with Crippen molar-refractivity contribution in [3.8, 4) is 33.9 Å². The molecule has 0 saturated carbocycles. The monoisotopic (exact) mass is 1200 g/mol. The van der Waals surface area contributed by atoms with Gasteiger partial charge in [-0.15, -0.1) is 24.3 Å². The number of amides is 3. The molecule has 7 rings (SSSR count). The summed E-state index contributed by atoms with van der Waals surface area (Å²) in [5.41, 5.74) is 3.28. The van der Waals surface area contributed by atoms with Crippen molar-refractivity contribution in [1.82, 2.24) is 40.9 Å². The summed E-state index contributed by atoms with van der Waals surface area (Å²) >= 11 is 0. The van der Waals surface area contributed by atoms with Crippen LogP contribution in [-0.2, 0) is 39.8 Å². The van der Waals surface area contributed by atoms with Gasteiger partial charge >= 0.3 is 0 Å². The van der Waals surface area contributed by atoms with Crippen molar-refractivity contribution in [3.63, 3.8) is 0 Å². The maximum Gasteiger partial charge on any atom is 0.252 e. The van der Waals surface area contributed by atoms with Gasteiger partial charge in [-0.05, 0) is 96.0 Å². The van der Waals surface area contributed by atoms with E-state index in [1.165, 1.54) is 29.1 Å². The summed E-state index contributed by atoms with van der Waals surface area (Å²) in [6.45, 7) is 2.52. The normalized spacial score (nSPS) is 11.0. The van der Waals surface area contributed by atoms with Gasteiger partial charge in [0.2, 0.25) is 11.8 Å². The van der Waals surface area contributed by atoms with Crippen LogP contribution < -0.4 is 16.0 Å². The largest absolute Gasteiger partial charge is 0.748 e. The number of rotatable bonds is 18. The standard InChI is InChI=1S/C27H32N6O6S3.2C11H6F2N.Ir/c1-19-8-12-28-21(16-19)22-17-20(9-13-29-22)26(35)33-23(18-42(37,38)39)27(36)32-11-4-2-6-24(34)30-14-15-40-41-25-7-3-5-10-31-25;2*12-8-4-5-9(10(13)7-8)11-3-1-2-6-14-11;/h3,5,7-10,12-13,16-17,23H,2,4,6,11,14-15,18H2,1H3,(H,30,34)(H,32,36)(H,33,35)(H,37,38,39);2*1-4,6-7H;/q;2*-1;/p-1. The molecule has 1 atom stereocenters. The molecule has 2 aromatic carbocycles. The third-order valence-electron chi connectivity index (χ3n) is 9.17. The van der Waals surface area contributed by atoms with Crippen molar-refractivity contribution in [2.24, 2.45) is 0 Å². The number of pyridine rings is 5. The van der Waals surface area contributed by atoms with E-state index in [4.69, 9.17) is 0 Å². The van der Waals surface area contributed by atoms with Crippen LogP contribution in [0.5, 0.6) is 0 Å². The first-order chi connectivity index (χ1) is 33.6. The molecule has 3 amide bonds. The molecular formula is C49H43F4IrN8O6S3-3. The number of nitrogens with one attached hydrogen (secondary N) is 3. The van der Waals surface area contributed by atoms with Crippen LogP contribution in [0.3, 0.4) is 0 Å². The quantitative estimate of drug-likeness (QED) is 0.0245. The van der Waals surface area contributed by atoms with Gasteiger partial charge in [0.05, 0.1) is 27.3 Å². The second-order valence-electron chi connectivity index (χ2n) is 14.6. The third kappa shape index (κ3) is 20.4. The van der Waals surface area contributed by atoms with E-state index in [0.29, 0.717) is 47.9 Å². The van der Waals surface area contributed by atoms with Crippen molar-refractivity contribution in [3.05, 3.63) is 181 Å². The molecule has 0 saturated heterocycles. The van der Waals surface area contributed by atoms with Crippen LogP contribution in [0.25, 0.3) is 33.9 Å². The Labute approximate surface area is 429 Å². The van der Waals surface area contributed by atoms with Crippen molar-refractivity contribution in [1.29, 1.82) is 0 Å². The van der Waals surface area contributed by atoms with Crippen LogP contribution in [0.15, 0.2) is 139 Å². The molecule has 0 bridgehead atoms. The molecule has 5 aromatic heterocycles. The van der Waals surface area contributed by atoms with Gasteiger partial charge in [0.15, 0.2) is 0 Å². The fourth-order valence-corrected chi connectivity index (χ4v) is 8.31. The summed E-state index contributed by atoms with van der Waals surface area (Å²) in [5.74, 6) is -4.65. The van der Waals surface area contributed by atoms with E-state index in [0.717, 1.165) is 34.9 Å². The number of benzene rings is 2. The van der Waals surface area contributed by atoms with Crippen LogP contribution in [-0.4, -0.2) is 86.2 Å². The summed E-state index contributed by atoms with van der Waals surface area (Å²) in [7, 11) is -1.72. The van der Waals surface area contributed by atoms with Crippen LogP contribution >= 0.6 is 21.6 Å². The Bertz CT molecular complexity index is 2840. The van der Waals surface area contributed by atoms with Gasteiger partial charge in [0.1, 0.15) is 11.1 Å². The van der Waals surface area contributed by atoms with Gasteiger partial charge in [-0.3, -0.25) is 41.9 Å². The van der Waals surface area contributed by atoms with E-state index in [1.807, 2.05) is 31.2 Å². The minimum Gasteiger partial charge on any atom is -0.748 e. The molecule has 71 heavy (non-hydrogen) atoms. The van der Waals surface area contributed by atoms with Crippen LogP contribution in [0, 0.1) is 42.3 Å². The van der Waals surface area contributed by atoms with Gasteiger partial charge in [0, 0.05) is 105 Å². The molecule has 5 heterocycles. The number of unbranched alkanes of at least 4 members (excludes halogenated alkanes) is 1. The minimum atomic E-state index is -4.84. The predicted octanol–water partition coefficient (Wildman–Crippen LogP) is 7.99. The molecule has 0 aliphatic heterocycles. The summed E-state index contributed by atoms with van der Waals surface area (Å²) < 4.78 is 85.9. The Balaban J connectivity index is 0.000000302. The molecule has 0 aliphatic carbocycles. The average Bonchev–Trinajstić information content (AvgIpc) is 3.34. The number of aryl methyl sites for hydroxylation is 1. The molecule has 14 nitrogen and oxygen atoms in total.